The highest BCUT2D eigenvalue weighted by atomic mass is 16.5. The molecular formula is C24H27N3O4. The molecule has 3 heterocycles. The first kappa shape index (κ1) is 21.2. The molecule has 0 radical (unpaired) electrons. The van der Waals surface area contributed by atoms with E-state index in [1.807, 2.05) is 61.8 Å². The molecule has 0 spiro atoms. The molecule has 1 aliphatic rings. The van der Waals surface area contributed by atoms with E-state index in [1.54, 1.807) is 0 Å². The van der Waals surface area contributed by atoms with Crippen LogP contribution in [0.3, 0.4) is 0 Å². The standard InChI is InChI=1S/C24H27N3O4/c1-17-11-22(31-26-17)12-21-15-30-16-23(21)27(14-19-7-9-25-10-8-19)13-18-3-5-20(6-4-18)24(28)29-2/h3-11,21,23H,12-16H2,1-2H3/t21-,23-/m1/s1. The highest BCUT2D eigenvalue weighted by Gasteiger charge is 2.34. The molecule has 0 aliphatic carbocycles. The van der Waals surface area contributed by atoms with Crippen LogP contribution >= 0.6 is 0 Å². The third kappa shape index (κ3) is 5.37. The minimum absolute atomic E-state index is 0.235. The molecule has 7 heteroatoms. The van der Waals surface area contributed by atoms with Gasteiger partial charge < -0.3 is 14.0 Å². The summed E-state index contributed by atoms with van der Waals surface area (Å²) >= 11 is 0. The Bertz CT molecular complexity index is 988. The number of carbonyl (C=O) groups is 1. The molecule has 1 aliphatic heterocycles. The number of pyridine rings is 1. The van der Waals surface area contributed by atoms with Crippen LogP contribution in [0.2, 0.25) is 0 Å². The Morgan fingerprint density at radius 1 is 1.10 bits per heavy atom. The Balaban J connectivity index is 1.54. The van der Waals surface area contributed by atoms with Gasteiger partial charge in [0.05, 0.1) is 31.6 Å². The van der Waals surface area contributed by atoms with E-state index in [-0.39, 0.29) is 12.0 Å². The van der Waals surface area contributed by atoms with Crippen molar-refractivity contribution in [2.75, 3.05) is 20.3 Å². The van der Waals surface area contributed by atoms with E-state index in [9.17, 15) is 4.79 Å². The van der Waals surface area contributed by atoms with Gasteiger partial charge in [-0.25, -0.2) is 4.79 Å². The largest absolute Gasteiger partial charge is 0.465 e. The zero-order valence-electron chi connectivity index (χ0n) is 17.9. The monoisotopic (exact) mass is 421 g/mol. The molecule has 31 heavy (non-hydrogen) atoms. The molecule has 162 valence electrons. The lowest BCUT2D eigenvalue weighted by atomic mass is 9.95. The Kier molecular flexibility index (Phi) is 6.74. The summed E-state index contributed by atoms with van der Waals surface area (Å²) in [4.78, 5) is 18.3. The predicted molar refractivity (Wildman–Crippen MR) is 114 cm³/mol. The van der Waals surface area contributed by atoms with Gasteiger partial charge >= 0.3 is 5.97 Å². The molecule has 7 nitrogen and oxygen atoms in total. The van der Waals surface area contributed by atoms with Crippen LogP contribution in [-0.2, 0) is 29.0 Å². The van der Waals surface area contributed by atoms with Crippen LogP contribution in [-0.4, -0.2) is 47.4 Å². The first-order valence-corrected chi connectivity index (χ1v) is 10.4. The normalized spacial score (nSPS) is 18.4. The van der Waals surface area contributed by atoms with Crippen LogP contribution < -0.4 is 0 Å². The zero-order valence-corrected chi connectivity index (χ0v) is 17.9. The number of hydrogen-bond acceptors (Lipinski definition) is 7. The Morgan fingerprint density at radius 3 is 2.45 bits per heavy atom. The van der Waals surface area contributed by atoms with Crippen LogP contribution in [0.25, 0.3) is 0 Å². The smallest absolute Gasteiger partial charge is 0.337 e. The van der Waals surface area contributed by atoms with Crippen molar-refractivity contribution in [3.63, 3.8) is 0 Å². The summed E-state index contributed by atoms with van der Waals surface area (Å²) in [6.07, 6.45) is 4.43. The second-order valence-corrected chi connectivity index (χ2v) is 7.95. The van der Waals surface area contributed by atoms with Gasteiger partial charge in [0.15, 0.2) is 0 Å². The lowest BCUT2D eigenvalue weighted by Gasteiger charge is -2.32. The minimum atomic E-state index is -0.327. The lowest BCUT2D eigenvalue weighted by Crippen LogP contribution is -2.40. The number of aromatic nitrogens is 2. The first-order chi connectivity index (χ1) is 15.1. The Morgan fingerprint density at radius 2 is 1.81 bits per heavy atom. The van der Waals surface area contributed by atoms with Crippen molar-refractivity contribution in [2.45, 2.75) is 32.5 Å². The number of esters is 1. The molecule has 3 aromatic rings. The average Bonchev–Trinajstić information content (AvgIpc) is 3.43. The summed E-state index contributed by atoms with van der Waals surface area (Å²) < 4.78 is 16.2. The van der Waals surface area contributed by atoms with Crippen molar-refractivity contribution >= 4 is 5.97 Å². The third-order valence-electron chi connectivity index (χ3n) is 5.67. The molecule has 1 aromatic carbocycles. The summed E-state index contributed by atoms with van der Waals surface area (Å²) in [5, 5.41) is 4.02. The van der Waals surface area contributed by atoms with E-state index in [0.717, 1.165) is 36.5 Å². The van der Waals surface area contributed by atoms with Gasteiger partial charge in [-0.1, -0.05) is 17.3 Å². The molecule has 4 rings (SSSR count). The predicted octanol–water partition coefficient (Wildman–Crippen LogP) is 3.42. The maximum Gasteiger partial charge on any atom is 0.337 e. The Labute approximate surface area is 182 Å². The van der Waals surface area contributed by atoms with E-state index in [4.69, 9.17) is 14.0 Å². The van der Waals surface area contributed by atoms with Crippen LogP contribution in [0, 0.1) is 12.8 Å². The topological polar surface area (TPSA) is 77.7 Å². The summed E-state index contributed by atoms with van der Waals surface area (Å²) in [6.45, 7) is 4.82. The van der Waals surface area contributed by atoms with Crippen molar-refractivity contribution in [1.29, 1.82) is 0 Å². The van der Waals surface area contributed by atoms with Crippen molar-refractivity contribution < 1.29 is 18.8 Å². The molecule has 1 saturated heterocycles. The minimum Gasteiger partial charge on any atom is -0.465 e. The van der Waals surface area contributed by atoms with Crippen molar-refractivity contribution in [1.82, 2.24) is 15.0 Å². The molecule has 0 unspecified atom stereocenters. The molecule has 0 amide bonds. The number of aryl methyl sites for hydroxylation is 1. The van der Waals surface area contributed by atoms with Crippen LogP contribution in [0.1, 0.15) is 32.9 Å². The molecule has 0 bridgehead atoms. The van der Waals surface area contributed by atoms with Gasteiger partial charge in [-0.3, -0.25) is 9.88 Å². The highest BCUT2D eigenvalue weighted by Crippen LogP contribution is 2.27. The van der Waals surface area contributed by atoms with E-state index in [2.05, 4.69) is 15.0 Å². The second-order valence-electron chi connectivity index (χ2n) is 7.95. The maximum absolute atomic E-state index is 11.7. The zero-order chi connectivity index (χ0) is 21.6. The molecule has 0 N–H and O–H groups in total. The number of carbonyl (C=O) groups excluding carboxylic acids is 1. The summed E-state index contributed by atoms with van der Waals surface area (Å²) in [5.74, 6) is 0.875. The molecule has 1 fully saturated rings. The van der Waals surface area contributed by atoms with Crippen LogP contribution in [0.4, 0.5) is 0 Å². The number of hydrogen-bond donors (Lipinski definition) is 0. The van der Waals surface area contributed by atoms with Crippen LogP contribution in [0.5, 0.6) is 0 Å². The van der Waals surface area contributed by atoms with Gasteiger partial charge in [0.25, 0.3) is 0 Å². The van der Waals surface area contributed by atoms with Crippen molar-refractivity contribution in [2.24, 2.45) is 5.92 Å². The van der Waals surface area contributed by atoms with Gasteiger partial charge in [0, 0.05) is 49.9 Å². The van der Waals surface area contributed by atoms with E-state index in [1.165, 1.54) is 12.7 Å². The number of nitrogens with zero attached hydrogens (tertiary/aromatic N) is 3. The van der Waals surface area contributed by atoms with E-state index in [0.29, 0.717) is 24.7 Å². The maximum atomic E-state index is 11.7. The number of benzene rings is 1. The third-order valence-corrected chi connectivity index (χ3v) is 5.67. The molecule has 0 saturated carbocycles. The average molecular weight is 421 g/mol. The summed E-state index contributed by atoms with van der Waals surface area (Å²) in [7, 11) is 1.39. The van der Waals surface area contributed by atoms with Crippen molar-refractivity contribution in [3.05, 3.63) is 83.0 Å². The SMILES string of the molecule is COC(=O)c1ccc(CN(Cc2ccncc2)[C@@H]2COC[C@H]2Cc2cc(C)no2)cc1. The quantitative estimate of drug-likeness (QED) is 0.516. The Hall–Kier alpha value is -3.03. The van der Waals surface area contributed by atoms with Gasteiger partial charge in [0.2, 0.25) is 0 Å². The molecular weight excluding hydrogens is 394 g/mol. The van der Waals surface area contributed by atoms with Gasteiger partial charge in [0.1, 0.15) is 5.76 Å². The van der Waals surface area contributed by atoms with E-state index < -0.39 is 0 Å². The van der Waals surface area contributed by atoms with Gasteiger partial charge in [-0.15, -0.1) is 0 Å². The first-order valence-electron chi connectivity index (χ1n) is 10.4. The number of rotatable bonds is 8. The van der Waals surface area contributed by atoms with Crippen LogP contribution in [0.15, 0.2) is 59.4 Å². The fraction of sp³-hybridized carbons (Fsp3) is 0.375. The van der Waals surface area contributed by atoms with Gasteiger partial charge in [-0.05, 0) is 42.3 Å². The van der Waals surface area contributed by atoms with Crippen molar-refractivity contribution in [3.8, 4) is 0 Å². The van der Waals surface area contributed by atoms with E-state index >= 15 is 0 Å². The lowest BCUT2D eigenvalue weighted by molar-refractivity contribution is 0.0600. The molecule has 2 atom stereocenters. The fourth-order valence-corrected chi connectivity index (χ4v) is 4.07. The number of ether oxygens (including phenoxy) is 2. The highest BCUT2D eigenvalue weighted by molar-refractivity contribution is 5.89. The number of methoxy groups -OCH3 is 1. The fourth-order valence-electron chi connectivity index (χ4n) is 4.07. The van der Waals surface area contributed by atoms with Gasteiger partial charge in [-0.2, -0.15) is 0 Å². The summed E-state index contributed by atoms with van der Waals surface area (Å²) in [6, 6.07) is 13.9. The summed E-state index contributed by atoms with van der Waals surface area (Å²) in [5.41, 5.74) is 3.77. The second kappa shape index (κ2) is 9.85. The molecule has 2 aromatic heterocycles.